The molecule has 5 rings (SSSR count). The quantitative estimate of drug-likeness (QED) is 0.584. The van der Waals surface area contributed by atoms with Crippen LogP contribution in [0.1, 0.15) is 24.0 Å². The molecule has 3 aromatic rings. The number of nitrogens with one attached hydrogen (secondary N) is 1. The zero-order valence-electron chi connectivity index (χ0n) is 18.6. The molecule has 0 aliphatic carbocycles. The molecule has 168 valence electrons. The Bertz CT molecular complexity index is 1220. The van der Waals surface area contributed by atoms with E-state index in [9.17, 15) is 14.0 Å². The third-order valence-corrected chi connectivity index (χ3v) is 6.81. The van der Waals surface area contributed by atoms with Crippen molar-refractivity contribution in [2.24, 2.45) is 0 Å². The molecular weight excluding hydrogens is 417 g/mol. The van der Waals surface area contributed by atoms with Crippen LogP contribution < -0.4 is 10.2 Å². The second kappa shape index (κ2) is 8.45. The van der Waals surface area contributed by atoms with Gasteiger partial charge >= 0.3 is 6.03 Å². The Kier molecular flexibility index (Phi) is 5.46. The van der Waals surface area contributed by atoms with Crippen molar-refractivity contribution < 1.29 is 14.0 Å². The third-order valence-electron chi connectivity index (χ3n) is 6.81. The molecule has 2 aliphatic rings. The maximum Gasteiger partial charge on any atom is 0.329 e. The van der Waals surface area contributed by atoms with E-state index >= 15 is 0 Å². The molecule has 2 fully saturated rings. The first-order chi connectivity index (χ1) is 16.0. The van der Waals surface area contributed by atoms with Crippen LogP contribution in [0.3, 0.4) is 0 Å². The van der Waals surface area contributed by atoms with Gasteiger partial charge in [0.15, 0.2) is 0 Å². The maximum absolute atomic E-state index is 13.8. The summed E-state index contributed by atoms with van der Waals surface area (Å²) in [7, 11) is 0. The molecule has 5 nitrogen and oxygen atoms in total. The number of piperidine rings is 1. The molecular formula is C27H26FN3O2. The van der Waals surface area contributed by atoms with Crippen LogP contribution in [0.25, 0.3) is 11.1 Å². The Morgan fingerprint density at radius 2 is 1.70 bits per heavy atom. The molecule has 0 saturated carbocycles. The van der Waals surface area contributed by atoms with Gasteiger partial charge in [-0.3, -0.25) is 19.9 Å². The van der Waals surface area contributed by atoms with E-state index in [1.165, 1.54) is 39.3 Å². The molecule has 2 aliphatic heterocycles. The molecule has 0 bridgehead atoms. The number of amides is 3. The highest BCUT2D eigenvalue weighted by Crippen LogP contribution is 2.37. The van der Waals surface area contributed by atoms with E-state index in [1.807, 2.05) is 6.07 Å². The molecule has 0 unspecified atom stereocenters. The van der Waals surface area contributed by atoms with Crippen molar-refractivity contribution >= 4 is 17.6 Å². The fourth-order valence-corrected chi connectivity index (χ4v) is 5.07. The molecule has 2 heterocycles. The molecule has 3 amide bonds. The molecule has 3 aromatic carbocycles. The number of urea groups is 1. The monoisotopic (exact) mass is 443 g/mol. The SMILES string of the molecule is Cc1ccccc1-c1cccc(CN2CCC3(CC2)C(=O)NC(=O)N3c2cccc(F)c2)c1. The van der Waals surface area contributed by atoms with Crippen LogP contribution in [0.4, 0.5) is 14.9 Å². The maximum atomic E-state index is 13.8. The van der Waals surface area contributed by atoms with Crippen LogP contribution in [-0.2, 0) is 11.3 Å². The minimum Gasteiger partial charge on any atom is -0.299 e. The van der Waals surface area contributed by atoms with Crippen molar-refractivity contribution in [3.63, 3.8) is 0 Å². The second-order valence-corrected chi connectivity index (χ2v) is 8.90. The number of anilines is 1. The van der Waals surface area contributed by atoms with Gasteiger partial charge in [-0.25, -0.2) is 9.18 Å². The molecule has 2 saturated heterocycles. The summed E-state index contributed by atoms with van der Waals surface area (Å²) >= 11 is 0. The van der Waals surface area contributed by atoms with E-state index < -0.39 is 17.4 Å². The molecule has 0 radical (unpaired) electrons. The predicted molar refractivity (Wildman–Crippen MR) is 126 cm³/mol. The van der Waals surface area contributed by atoms with E-state index in [1.54, 1.807) is 12.1 Å². The number of halogens is 1. The smallest absolute Gasteiger partial charge is 0.299 e. The number of carbonyl (C=O) groups excluding carboxylic acids is 2. The molecule has 6 heteroatoms. The average molecular weight is 444 g/mol. The van der Waals surface area contributed by atoms with Crippen molar-refractivity contribution in [1.29, 1.82) is 0 Å². The number of carbonyl (C=O) groups is 2. The fraction of sp³-hybridized carbons (Fsp3) is 0.259. The van der Waals surface area contributed by atoms with Crippen LogP contribution >= 0.6 is 0 Å². The van der Waals surface area contributed by atoms with Gasteiger partial charge in [0.1, 0.15) is 11.4 Å². The Morgan fingerprint density at radius 1 is 0.939 bits per heavy atom. The largest absolute Gasteiger partial charge is 0.329 e. The van der Waals surface area contributed by atoms with Crippen molar-refractivity contribution in [1.82, 2.24) is 10.2 Å². The van der Waals surface area contributed by atoms with Crippen LogP contribution in [-0.4, -0.2) is 35.5 Å². The van der Waals surface area contributed by atoms with Crippen molar-refractivity contribution in [2.75, 3.05) is 18.0 Å². The first-order valence-corrected chi connectivity index (χ1v) is 11.2. The van der Waals surface area contributed by atoms with Gasteiger partial charge < -0.3 is 0 Å². The topological polar surface area (TPSA) is 52.7 Å². The van der Waals surface area contributed by atoms with E-state index in [4.69, 9.17) is 0 Å². The normalized spacial score (nSPS) is 18.1. The lowest BCUT2D eigenvalue weighted by atomic mass is 9.85. The predicted octanol–water partition coefficient (Wildman–Crippen LogP) is 4.89. The van der Waals surface area contributed by atoms with Gasteiger partial charge in [-0.05, 0) is 66.3 Å². The standard InChI is InChI=1S/C27H26FN3O2/c1-19-6-2-3-11-24(19)21-8-4-7-20(16-21)18-30-14-12-27(13-15-30)25(32)29-26(33)31(27)23-10-5-9-22(28)17-23/h2-11,16-17H,12-15,18H2,1H3,(H,29,32,33). The van der Waals surface area contributed by atoms with Gasteiger partial charge in [0.2, 0.25) is 0 Å². The summed E-state index contributed by atoms with van der Waals surface area (Å²) in [5.41, 5.74) is 4.31. The first-order valence-electron chi connectivity index (χ1n) is 11.2. The van der Waals surface area contributed by atoms with Crippen molar-refractivity contribution in [2.45, 2.75) is 31.8 Å². The molecule has 1 spiro atoms. The van der Waals surface area contributed by atoms with E-state index in [0.717, 1.165) is 6.54 Å². The van der Waals surface area contributed by atoms with Gasteiger partial charge in [0, 0.05) is 25.3 Å². The first kappa shape index (κ1) is 21.3. The van der Waals surface area contributed by atoms with Crippen LogP contribution in [0.15, 0.2) is 72.8 Å². The summed E-state index contributed by atoms with van der Waals surface area (Å²) in [6.45, 7) is 4.22. The van der Waals surface area contributed by atoms with E-state index in [2.05, 4.69) is 59.6 Å². The van der Waals surface area contributed by atoms with Crippen molar-refractivity contribution in [3.05, 3.63) is 89.7 Å². The number of aryl methyl sites for hydroxylation is 1. The fourth-order valence-electron chi connectivity index (χ4n) is 5.07. The Balaban J connectivity index is 1.33. The number of rotatable bonds is 4. The second-order valence-electron chi connectivity index (χ2n) is 8.90. The average Bonchev–Trinajstić information content (AvgIpc) is 3.04. The highest BCUT2D eigenvalue weighted by molar-refractivity contribution is 6.17. The van der Waals surface area contributed by atoms with Crippen LogP contribution in [0.5, 0.6) is 0 Å². The number of hydrogen-bond acceptors (Lipinski definition) is 3. The van der Waals surface area contributed by atoms with E-state index in [-0.39, 0.29) is 5.91 Å². The Hall–Kier alpha value is -3.51. The Morgan fingerprint density at radius 3 is 2.45 bits per heavy atom. The zero-order chi connectivity index (χ0) is 23.0. The van der Waals surface area contributed by atoms with Gasteiger partial charge in [-0.2, -0.15) is 0 Å². The van der Waals surface area contributed by atoms with Crippen LogP contribution in [0, 0.1) is 12.7 Å². The van der Waals surface area contributed by atoms with Crippen molar-refractivity contribution in [3.8, 4) is 11.1 Å². The minimum absolute atomic E-state index is 0.294. The Labute approximate surface area is 192 Å². The number of benzene rings is 3. The summed E-state index contributed by atoms with van der Waals surface area (Å²) in [6, 6.07) is 22.3. The van der Waals surface area contributed by atoms with Gasteiger partial charge in [-0.1, -0.05) is 48.5 Å². The summed E-state index contributed by atoms with van der Waals surface area (Å²) < 4.78 is 13.8. The summed E-state index contributed by atoms with van der Waals surface area (Å²) in [4.78, 5) is 29.2. The number of imide groups is 1. The van der Waals surface area contributed by atoms with Gasteiger partial charge in [0.05, 0.1) is 0 Å². The number of hydrogen-bond donors (Lipinski definition) is 1. The molecule has 1 N–H and O–H groups in total. The minimum atomic E-state index is -0.968. The van der Waals surface area contributed by atoms with Crippen LogP contribution in [0.2, 0.25) is 0 Å². The molecule has 33 heavy (non-hydrogen) atoms. The lowest BCUT2D eigenvalue weighted by molar-refractivity contribution is -0.124. The number of nitrogens with zero attached hydrogens (tertiary/aromatic N) is 2. The summed E-state index contributed by atoms with van der Waals surface area (Å²) in [5, 5.41) is 2.45. The zero-order valence-corrected chi connectivity index (χ0v) is 18.6. The third kappa shape index (κ3) is 3.91. The number of likely N-dealkylation sites (tertiary alicyclic amines) is 1. The highest BCUT2D eigenvalue weighted by Gasteiger charge is 2.54. The summed E-state index contributed by atoms with van der Waals surface area (Å²) in [5.74, 6) is -0.723. The lowest BCUT2D eigenvalue weighted by Crippen LogP contribution is -2.56. The molecule has 0 atom stereocenters. The highest BCUT2D eigenvalue weighted by atomic mass is 19.1. The lowest BCUT2D eigenvalue weighted by Gasteiger charge is -2.42. The summed E-state index contributed by atoms with van der Waals surface area (Å²) in [6.07, 6.45) is 0.997. The van der Waals surface area contributed by atoms with Gasteiger partial charge in [0.25, 0.3) is 5.91 Å². The van der Waals surface area contributed by atoms with Gasteiger partial charge in [-0.15, -0.1) is 0 Å². The molecule has 0 aromatic heterocycles. The van der Waals surface area contributed by atoms with E-state index in [0.29, 0.717) is 31.6 Å².